The number of nitrogens with two attached hydrogens (primary N) is 1. The van der Waals surface area contributed by atoms with Gasteiger partial charge in [0.25, 0.3) is 0 Å². The molecule has 0 fully saturated rings. The molecule has 0 radical (unpaired) electrons. The highest BCUT2D eigenvalue weighted by atomic mass is 35.5. The second-order valence-electron chi connectivity index (χ2n) is 3.81. The third-order valence-electron chi connectivity index (χ3n) is 2.39. The van der Waals surface area contributed by atoms with Crippen LogP contribution < -0.4 is 10.5 Å². The highest BCUT2D eigenvalue weighted by Crippen LogP contribution is 2.31. The fourth-order valence-corrected chi connectivity index (χ4v) is 1.83. The van der Waals surface area contributed by atoms with Gasteiger partial charge in [-0.15, -0.1) is 13.2 Å². The lowest BCUT2D eigenvalue weighted by Gasteiger charge is -2.10. The van der Waals surface area contributed by atoms with Crippen LogP contribution >= 0.6 is 11.6 Å². The van der Waals surface area contributed by atoms with Crippen LogP contribution in [-0.4, -0.2) is 6.36 Å². The van der Waals surface area contributed by atoms with Crippen molar-refractivity contribution in [1.29, 1.82) is 0 Å². The van der Waals surface area contributed by atoms with Crippen molar-refractivity contribution in [2.24, 2.45) is 0 Å². The van der Waals surface area contributed by atoms with E-state index in [1.165, 1.54) is 24.3 Å². The zero-order chi connectivity index (χ0) is 14.0. The van der Waals surface area contributed by atoms with Gasteiger partial charge in [0.1, 0.15) is 5.75 Å². The number of anilines is 1. The summed E-state index contributed by atoms with van der Waals surface area (Å²) in [6.45, 7) is 0. The molecule has 0 unspecified atom stereocenters. The van der Waals surface area contributed by atoms with Crippen molar-refractivity contribution in [1.82, 2.24) is 0 Å². The van der Waals surface area contributed by atoms with Crippen molar-refractivity contribution in [2.45, 2.75) is 6.36 Å². The van der Waals surface area contributed by atoms with Gasteiger partial charge in [0, 0.05) is 16.3 Å². The summed E-state index contributed by atoms with van der Waals surface area (Å²) in [7, 11) is 0. The molecule has 0 saturated heterocycles. The van der Waals surface area contributed by atoms with Gasteiger partial charge in [-0.05, 0) is 35.9 Å². The maximum atomic E-state index is 12.0. The fourth-order valence-electron chi connectivity index (χ4n) is 1.60. The summed E-state index contributed by atoms with van der Waals surface area (Å²) >= 11 is 6.01. The van der Waals surface area contributed by atoms with Gasteiger partial charge < -0.3 is 10.5 Å². The van der Waals surface area contributed by atoms with E-state index in [0.717, 1.165) is 0 Å². The first-order valence-electron chi connectivity index (χ1n) is 5.26. The third kappa shape index (κ3) is 3.54. The molecule has 0 spiro atoms. The van der Waals surface area contributed by atoms with Crippen molar-refractivity contribution in [3.63, 3.8) is 0 Å². The van der Waals surface area contributed by atoms with Crippen LogP contribution in [0.3, 0.4) is 0 Å². The minimum Gasteiger partial charge on any atom is -0.406 e. The Bertz CT molecular complexity index is 581. The quantitative estimate of drug-likeness (QED) is 0.826. The Morgan fingerprint density at radius 3 is 2.21 bits per heavy atom. The summed E-state index contributed by atoms with van der Waals surface area (Å²) in [5, 5.41) is 0.471. The lowest BCUT2D eigenvalue weighted by atomic mass is 10.1. The second kappa shape index (κ2) is 5.01. The van der Waals surface area contributed by atoms with E-state index in [9.17, 15) is 13.2 Å². The van der Waals surface area contributed by atoms with Crippen LogP contribution in [0.25, 0.3) is 11.1 Å². The molecule has 2 aromatic rings. The van der Waals surface area contributed by atoms with E-state index in [1.54, 1.807) is 18.2 Å². The number of alkyl halides is 3. The van der Waals surface area contributed by atoms with Crippen LogP contribution in [0.4, 0.5) is 18.9 Å². The summed E-state index contributed by atoms with van der Waals surface area (Å²) < 4.78 is 39.9. The Labute approximate surface area is 112 Å². The van der Waals surface area contributed by atoms with Gasteiger partial charge in [-0.2, -0.15) is 0 Å². The molecule has 0 saturated carbocycles. The highest BCUT2D eigenvalue weighted by Gasteiger charge is 2.30. The zero-order valence-corrected chi connectivity index (χ0v) is 10.3. The molecule has 2 aromatic carbocycles. The first-order valence-corrected chi connectivity index (χ1v) is 5.64. The lowest BCUT2D eigenvalue weighted by molar-refractivity contribution is -0.274. The van der Waals surface area contributed by atoms with E-state index >= 15 is 0 Å². The SMILES string of the molecule is Nc1ccc(Cl)c(-c2ccc(OC(F)(F)F)cc2)c1. The van der Waals surface area contributed by atoms with Crippen molar-refractivity contribution >= 4 is 17.3 Å². The van der Waals surface area contributed by atoms with Gasteiger partial charge in [0.05, 0.1) is 0 Å². The topological polar surface area (TPSA) is 35.2 Å². The molecule has 0 bridgehead atoms. The largest absolute Gasteiger partial charge is 0.573 e. The van der Waals surface area contributed by atoms with Crippen LogP contribution in [0.1, 0.15) is 0 Å². The van der Waals surface area contributed by atoms with Gasteiger partial charge in [-0.1, -0.05) is 23.7 Å². The van der Waals surface area contributed by atoms with Crippen LogP contribution in [-0.2, 0) is 0 Å². The Balaban J connectivity index is 2.30. The molecule has 0 aromatic heterocycles. The van der Waals surface area contributed by atoms with E-state index in [4.69, 9.17) is 17.3 Å². The monoisotopic (exact) mass is 287 g/mol. The van der Waals surface area contributed by atoms with Crippen molar-refractivity contribution in [3.8, 4) is 16.9 Å². The Morgan fingerprint density at radius 1 is 1.00 bits per heavy atom. The standard InChI is InChI=1S/C13H9ClF3NO/c14-12-6-3-9(18)7-11(12)8-1-4-10(5-2-8)19-13(15,16)17/h1-7H,18H2. The molecule has 6 heteroatoms. The van der Waals surface area contributed by atoms with E-state index in [0.29, 0.717) is 21.8 Å². The molecular weight excluding hydrogens is 279 g/mol. The van der Waals surface area contributed by atoms with E-state index in [-0.39, 0.29) is 5.75 Å². The molecule has 2 nitrogen and oxygen atoms in total. The Hall–Kier alpha value is -1.88. The maximum absolute atomic E-state index is 12.0. The molecule has 0 heterocycles. The molecule has 0 aliphatic rings. The van der Waals surface area contributed by atoms with Gasteiger partial charge in [0.15, 0.2) is 0 Å². The van der Waals surface area contributed by atoms with Gasteiger partial charge in [0.2, 0.25) is 0 Å². The minimum atomic E-state index is -4.70. The van der Waals surface area contributed by atoms with Crippen LogP contribution in [0.15, 0.2) is 42.5 Å². The summed E-state index contributed by atoms with van der Waals surface area (Å²) in [4.78, 5) is 0. The van der Waals surface area contributed by atoms with Gasteiger partial charge >= 0.3 is 6.36 Å². The number of hydrogen-bond donors (Lipinski definition) is 1. The number of ether oxygens (including phenoxy) is 1. The average molecular weight is 288 g/mol. The molecule has 19 heavy (non-hydrogen) atoms. The number of halogens is 4. The number of hydrogen-bond acceptors (Lipinski definition) is 2. The first kappa shape index (κ1) is 13.5. The molecule has 0 aliphatic carbocycles. The fraction of sp³-hybridized carbons (Fsp3) is 0.0769. The van der Waals surface area contributed by atoms with Crippen LogP contribution in [0, 0.1) is 0 Å². The molecule has 2 rings (SSSR count). The third-order valence-corrected chi connectivity index (χ3v) is 2.72. The van der Waals surface area contributed by atoms with Crippen molar-refractivity contribution in [2.75, 3.05) is 5.73 Å². The molecule has 100 valence electrons. The minimum absolute atomic E-state index is 0.281. The molecule has 2 N–H and O–H groups in total. The van der Waals surface area contributed by atoms with E-state index in [1.807, 2.05) is 0 Å². The summed E-state index contributed by atoms with van der Waals surface area (Å²) in [6, 6.07) is 10.4. The average Bonchev–Trinajstić information content (AvgIpc) is 2.31. The molecule has 0 atom stereocenters. The lowest BCUT2D eigenvalue weighted by Crippen LogP contribution is -2.16. The number of nitrogen functional groups attached to an aromatic ring is 1. The highest BCUT2D eigenvalue weighted by molar-refractivity contribution is 6.33. The predicted molar refractivity (Wildman–Crippen MR) is 68.0 cm³/mol. The number of benzene rings is 2. The smallest absolute Gasteiger partial charge is 0.406 e. The molecule has 0 aliphatic heterocycles. The Morgan fingerprint density at radius 2 is 1.63 bits per heavy atom. The normalized spacial score (nSPS) is 11.4. The van der Waals surface area contributed by atoms with Crippen LogP contribution in [0.2, 0.25) is 5.02 Å². The van der Waals surface area contributed by atoms with Gasteiger partial charge in [-0.25, -0.2) is 0 Å². The summed E-state index contributed by atoms with van der Waals surface area (Å²) in [5.74, 6) is -0.281. The number of rotatable bonds is 2. The summed E-state index contributed by atoms with van der Waals surface area (Å²) in [5.41, 5.74) is 7.48. The zero-order valence-electron chi connectivity index (χ0n) is 9.54. The van der Waals surface area contributed by atoms with E-state index in [2.05, 4.69) is 4.74 Å². The first-order chi connectivity index (χ1) is 8.85. The van der Waals surface area contributed by atoms with Crippen LogP contribution in [0.5, 0.6) is 5.75 Å². The van der Waals surface area contributed by atoms with Crippen molar-refractivity contribution in [3.05, 3.63) is 47.5 Å². The Kier molecular flexibility index (Phi) is 3.57. The second-order valence-corrected chi connectivity index (χ2v) is 4.22. The summed E-state index contributed by atoms with van der Waals surface area (Å²) in [6.07, 6.45) is -4.70. The molecular formula is C13H9ClF3NO. The van der Waals surface area contributed by atoms with Gasteiger partial charge in [-0.3, -0.25) is 0 Å². The predicted octanol–water partition coefficient (Wildman–Crippen LogP) is 4.49. The maximum Gasteiger partial charge on any atom is 0.573 e. The molecule has 0 amide bonds. The van der Waals surface area contributed by atoms with E-state index < -0.39 is 6.36 Å². The van der Waals surface area contributed by atoms with Crippen molar-refractivity contribution < 1.29 is 17.9 Å².